The maximum Gasteiger partial charge on any atom is 0.319 e. The van der Waals surface area contributed by atoms with Crippen LogP contribution in [0.4, 0.5) is 0 Å². The average Bonchev–Trinajstić information content (AvgIpc) is 2.11. The summed E-state index contributed by atoms with van der Waals surface area (Å²) in [5, 5.41) is 3.01. The molecule has 0 aromatic carbocycles. The number of ether oxygens (including phenoxy) is 1. The Morgan fingerprint density at radius 2 is 2.15 bits per heavy atom. The van der Waals surface area contributed by atoms with E-state index in [1.807, 2.05) is 0 Å². The SMILES string of the molecule is COC(=O)CNCC(CN)C(C)C. The van der Waals surface area contributed by atoms with E-state index in [9.17, 15) is 4.79 Å². The fourth-order valence-corrected chi connectivity index (χ4v) is 1.02. The van der Waals surface area contributed by atoms with Gasteiger partial charge in [-0.25, -0.2) is 0 Å². The Morgan fingerprint density at radius 1 is 1.54 bits per heavy atom. The Bertz CT molecular complexity index is 149. The van der Waals surface area contributed by atoms with E-state index in [-0.39, 0.29) is 12.5 Å². The van der Waals surface area contributed by atoms with Crippen LogP contribution in [0.3, 0.4) is 0 Å². The predicted molar refractivity (Wildman–Crippen MR) is 52.3 cm³/mol. The van der Waals surface area contributed by atoms with Crippen LogP contribution in [0.5, 0.6) is 0 Å². The Morgan fingerprint density at radius 3 is 2.54 bits per heavy atom. The molecule has 78 valence electrons. The number of methoxy groups -OCH3 is 1. The van der Waals surface area contributed by atoms with Crippen LogP contribution < -0.4 is 11.1 Å². The molecule has 0 fully saturated rings. The first-order valence-electron chi connectivity index (χ1n) is 4.59. The van der Waals surface area contributed by atoms with E-state index in [0.29, 0.717) is 18.4 Å². The quantitative estimate of drug-likeness (QED) is 0.575. The van der Waals surface area contributed by atoms with Crippen LogP contribution in [-0.2, 0) is 9.53 Å². The van der Waals surface area contributed by atoms with E-state index in [0.717, 1.165) is 6.54 Å². The highest BCUT2D eigenvalue weighted by Crippen LogP contribution is 2.06. The van der Waals surface area contributed by atoms with Crippen molar-refractivity contribution in [1.82, 2.24) is 5.32 Å². The molecule has 0 aromatic heterocycles. The van der Waals surface area contributed by atoms with Gasteiger partial charge in [-0.2, -0.15) is 0 Å². The zero-order chi connectivity index (χ0) is 10.3. The molecule has 0 heterocycles. The number of carbonyl (C=O) groups is 1. The molecule has 4 heteroatoms. The van der Waals surface area contributed by atoms with Gasteiger partial charge in [0, 0.05) is 0 Å². The number of nitrogens with one attached hydrogen (secondary N) is 1. The van der Waals surface area contributed by atoms with Crippen molar-refractivity contribution in [2.75, 3.05) is 26.7 Å². The smallest absolute Gasteiger partial charge is 0.319 e. The monoisotopic (exact) mass is 188 g/mol. The predicted octanol–water partition coefficient (Wildman–Crippen LogP) is -0.0201. The number of hydrogen-bond acceptors (Lipinski definition) is 4. The highest BCUT2D eigenvalue weighted by atomic mass is 16.5. The maximum atomic E-state index is 10.7. The van der Waals surface area contributed by atoms with Crippen molar-refractivity contribution in [3.63, 3.8) is 0 Å². The third kappa shape index (κ3) is 5.60. The van der Waals surface area contributed by atoms with E-state index in [1.165, 1.54) is 7.11 Å². The van der Waals surface area contributed by atoms with Gasteiger partial charge in [0.1, 0.15) is 0 Å². The van der Waals surface area contributed by atoms with Gasteiger partial charge in [0.25, 0.3) is 0 Å². The third-order valence-corrected chi connectivity index (χ3v) is 2.15. The second-order valence-electron chi connectivity index (χ2n) is 3.45. The number of carbonyl (C=O) groups excluding carboxylic acids is 1. The summed E-state index contributed by atoms with van der Waals surface area (Å²) in [5.41, 5.74) is 5.57. The van der Waals surface area contributed by atoms with Crippen molar-refractivity contribution >= 4 is 5.97 Å². The lowest BCUT2D eigenvalue weighted by molar-refractivity contribution is -0.139. The Hall–Kier alpha value is -0.610. The number of nitrogens with two attached hydrogens (primary N) is 1. The molecule has 0 saturated heterocycles. The summed E-state index contributed by atoms with van der Waals surface area (Å²) >= 11 is 0. The summed E-state index contributed by atoms with van der Waals surface area (Å²) in [6, 6.07) is 0. The zero-order valence-corrected chi connectivity index (χ0v) is 8.67. The molecular formula is C9H20N2O2. The second-order valence-corrected chi connectivity index (χ2v) is 3.45. The molecule has 0 aliphatic heterocycles. The average molecular weight is 188 g/mol. The first-order chi connectivity index (χ1) is 6.11. The van der Waals surface area contributed by atoms with Crippen LogP contribution in [0.2, 0.25) is 0 Å². The minimum absolute atomic E-state index is 0.237. The van der Waals surface area contributed by atoms with Crippen molar-refractivity contribution in [3.8, 4) is 0 Å². The highest BCUT2D eigenvalue weighted by Gasteiger charge is 2.11. The van der Waals surface area contributed by atoms with E-state index in [4.69, 9.17) is 5.73 Å². The molecule has 0 aliphatic carbocycles. The Labute approximate surface area is 79.8 Å². The van der Waals surface area contributed by atoms with Gasteiger partial charge >= 0.3 is 5.97 Å². The van der Waals surface area contributed by atoms with E-state index < -0.39 is 0 Å². The van der Waals surface area contributed by atoms with Gasteiger partial charge < -0.3 is 15.8 Å². The number of rotatable bonds is 6. The topological polar surface area (TPSA) is 64.3 Å². The maximum absolute atomic E-state index is 10.7. The molecule has 4 nitrogen and oxygen atoms in total. The summed E-state index contributed by atoms with van der Waals surface area (Å²) in [6.07, 6.45) is 0. The molecule has 0 radical (unpaired) electrons. The van der Waals surface area contributed by atoms with Gasteiger partial charge in [0.05, 0.1) is 13.7 Å². The molecule has 0 aromatic rings. The van der Waals surface area contributed by atoms with Crippen molar-refractivity contribution in [3.05, 3.63) is 0 Å². The van der Waals surface area contributed by atoms with Gasteiger partial charge in [0.15, 0.2) is 0 Å². The molecule has 0 saturated carbocycles. The van der Waals surface area contributed by atoms with Crippen LogP contribution in [-0.4, -0.2) is 32.7 Å². The number of esters is 1. The minimum atomic E-state index is -0.237. The first kappa shape index (κ1) is 12.4. The van der Waals surface area contributed by atoms with E-state index in [2.05, 4.69) is 23.9 Å². The van der Waals surface area contributed by atoms with Crippen LogP contribution >= 0.6 is 0 Å². The fourth-order valence-electron chi connectivity index (χ4n) is 1.02. The number of hydrogen-bond donors (Lipinski definition) is 2. The molecule has 3 N–H and O–H groups in total. The van der Waals surface area contributed by atoms with Gasteiger partial charge in [-0.3, -0.25) is 4.79 Å². The normalized spacial score (nSPS) is 13.0. The largest absolute Gasteiger partial charge is 0.468 e. The highest BCUT2D eigenvalue weighted by molar-refractivity contribution is 5.71. The summed E-state index contributed by atoms with van der Waals surface area (Å²) < 4.78 is 4.49. The molecular weight excluding hydrogens is 168 g/mol. The molecule has 0 aliphatic rings. The Kier molecular flexibility index (Phi) is 6.54. The van der Waals surface area contributed by atoms with Gasteiger partial charge in [0.2, 0.25) is 0 Å². The standard InChI is InChI=1S/C9H20N2O2/c1-7(2)8(4-10)5-11-6-9(12)13-3/h7-8,11H,4-6,10H2,1-3H3. The molecule has 13 heavy (non-hydrogen) atoms. The summed E-state index contributed by atoms with van der Waals surface area (Å²) in [7, 11) is 1.38. The molecule has 0 spiro atoms. The van der Waals surface area contributed by atoms with Crippen molar-refractivity contribution < 1.29 is 9.53 Å². The lowest BCUT2D eigenvalue weighted by Crippen LogP contribution is -2.34. The molecule has 0 rings (SSSR count). The molecule has 1 atom stereocenters. The fraction of sp³-hybridized carbons (Fsp3) is 0.889. The van der Waals surface area contributed by atoms with Crippen molar-refractivity contribution in [1.29, 1.82) is 0 Å². The van der Waals surface area contributed by atoms with E-state index in [1.54, 1.807) is 0 Å². The minimum Gasteiger partial charge on any atom is -0.468 e. The van der Waals surface area contributed by atoms with Gasteiger partial charge in [-0.15, -0.1) is 0 Å². The Balaban J connectivity index is 3.55. The summed E-state index contributed by atoms with van der Waals surface area (Å²) in [5.74, 6) is 0.722. The second kappa shape index (κ2) is 6.86. The summed E-state index contributed by atoms with van der Waals surface area (Å²) in [6.45, 7) is 5.92. The first-order valence-corrected chi connectivity index (χ1v) is 4.59. The summed E-state index contributed by atoms with van der Waals surface area (Å²) in [4.78, 5) is 10.7. The third-order valence-electron chi connectivity index (χ3n) is 2.15. The van der Waals surface area contributed by atoms with Crippen LogP contribution in [0.15, 0.2) is 0 Å². The molecule has 0 bridgehead atoms. The van der Waals surface area contributed by atoms with Crippen LogP contribution in [0.25, 0.3) is 0 Å². The van der Waals surface area contributed by atoms with Crippen molar-refractivity contribution in [2.24, 2.45) is 17.6 Å². The zero-order valence-electron chi connectivity index (χ0n) is 8.67. The van der Waals surface area contributed by atoms with Gasteiger partial charge in [-0.05, 0) is 24.9 Å². The lowest BCUT2D eigenvalue weighted by atomic mass is 9.96. The van der Waals surface area contributed by atoms with Gasteiger partial charge in [-0.1, -0.05) is 13.8 Å². The molecule has 0 amide bonds. The lowest BCUT2D eigenvalue weighted by Gasteiger charge is -2.18. The van der Waals surface area contributed by atoms with Crippen LogP contribution in [0, 0.1) is 11.8 Å². The van der Waals surface area contributed by atoms with Crippen LogP contribution in [0.1, 0.15) is 13.8 Å². The van der Waals surface area contributed by atoms with Crippen molar-refractivity contribution in [2.45, 2.75) is 13.8 Å². The molecule has 1 unspecified atom stereocenters. The van der Waals surface area contributed by atoms with E-state index >= 15 is 0 Å².